The molecular formula is C31H27N7O2. The zero-order valence-corrected chi connectivity index (χ0v) is 22.3. The molecule has 0 aliphatic heterocycles. The Kier molecular flexibility index (Phi) is 6.31. The van der Waals surface area contributed by atoms with Gasteiger partial charge in [-0.15, -0.1) is 0 Å². The fourth-order valence-electron chi connectivity index (χ4n) is 4.28. The molecule has 6 rings (SSSR count). The highest BCUT2D eigenvalue weighted by Gasteiger charge is 2.22. The highest BCUT2D eigenvalue weighted by atomic mass is 16.5. The van der Waals surface area contributed by atoms with E-state index in [-0.39, 0.29) is 11.4 Å². The Morgan fingerprint density at radius 3 is 2.42 bits per heavy atom. The Bertz CT molecular complexity index is 1840. The van der Waals surface area contributed by atoms with Crippen molar-refractivity contribution >= 4 is 39.3 Å². The van der Waals surface area contributed by atoms with Crippen molar-refractivity contribution in [1.82, 2.24) is 24.7 Å². The van der Waals surface area contributed by atoms with Gasteiger partial charge in [-0.1, -0.05) is 26.8 Å². The molecule has 3 heterocycles. The Morgan fingerprint density at radius 2 is 1.60 bits per heavy atom. The summed E-state index contributed by atoms with van der Waals surface area (Å²) >= 11 is 0. The number of pyridine rings is 1. The maximum Gasteiger partial charge on any atom is 0.324 e. The summed E-state index contributed by atoms with van der Waals surface area (Å²) in [5, 5.41) is 12.5. The molecule has 0 aliphatic carbocycles. The summed E-state index contributed by atoms with van der Waals surface area (Å²) in [6.45, 7) is 6.26. The SMILES string of the molecule is CC(C)(C)c1cc(NC(=O)Nc2ccc(Oc3ccc4ncncc4c3)cc2)n(-c2ccc3ncccc3c2)n1. The van der Waals surface area contributed by atoms with Crippen LogP contribution in [0.2, 0.25) is 0 Å². The van der Waals surface area contributed by atoms with Gasteiger partial charge in [0.1, 0.15) is 23.6 Å². The monoisotopic (exact) mass is 529 g/mol. The maximum atomic E-state index is 13.0. The highest BCUT2D eigenvalue weighted by Crippen LogP contribution is 2.28. The number of aromatic nitrogens is 5. The third-order valence-corrected chi connectivity index (χ3v) is 6.37. The van der Waals surface area contributed by atoms with Crippen molar-refractivity contribution in [2.24, 2.45) is 0 Å². The van der Waals surface area contributed by atoms with E-state index in [1.54, 1.807) is 41.3 Å². The third-order valence-electron chi connectivity index (χ3n) is 6.37. The highest BCUT2D eigenvalue weighted by molar-refractivity contribution is 5.99. The molecule has 0 radical (unpaired) electrons. The van der Waals surface area contributed by atoms with Gasteiger partial charge in [-0.2, -0.15) is 5.10 Å². The molecule has 0 unspecified atom stereocenters. The molecule has 198 valence electrons. The van der Waals surface area contributed by atoms with Gasteiger partial charge < -0.3 is 10.1 Å². The van der Waals surface area contributed by atoms with Gasteiger partial charge in [0, 0.05) is 40.3 Å². The summed E-state index contributed by atoms with van der Waals surface area (Å²) in [4.78, 5) is 25.7. The van der Waals surface area contributed by atoms with Gasteiger partial charge in [0.25, 0.3) is 0 Å². The van der Waals surface area contributed by atoms with Crippen molar-refractivity contribution in [2.75, 3.05) is 10.6 Å². The average molecular weight is 530 g/mol. The van der Waals surface area contributed by atoms with E-state index in [9.17, 15) is 4.79 Å². The van der Waals surface area contributed by atoms with E-state index >= 15 is 0 Å². The van der Waals surface area contributed by atoms with Gasteiger partial charge in [-0.3, -0.25) is 10.3 Å². The van der Waals surface area contributed by atoms with Crippen LogP contribution in [0.15, 0.2) is 97.6 Å². The van der Waals surface area contributed by atoms with Gasteiger partial charge in [0.05, 0.1) is 22.4 Å². The fourth-order valence-corrected chi connectivity index (χ4v) is 4.28. The predicted molar refractivity (Wildman–Crippen MR) is 156 cm³/mol. The van der Waals surface area contributed by atoms with Gasteiger partial charge in [-0.05, 0) is 66.7 Å². The van der Waals surface area contributed by atoms with Crippen molar-refractivity contribution in [3.63, 3.8) is 0 Å². The molecule has 0 atom stereocenters. The Hall–Kier alpha value is -5.31. The quantitative estimate of drug-likeness (QED) is 0.247. The van der Waals surface area contributed by atoms with Gasteiger partial charge in [0.2, 0.25) is 0 Å². The largest absolute Gasteiger partial charge is 0.457 e. The van der Waals surface area contributed by atoms with Crippen LogP contribution in [-0.4, -0.2) is 30.8 Å². The summed E-state index contributed by atoms with van der Waals surface area (Å²) in [6, 6.07) is 24.1. The van der Waals surface area contributed by atoms with Crippen LogP contribution in [0.1, 0.15) is 26.5 Å². The molecule has 0 aliphatic rings. The third kappa shape index (κ3) is 5.30. The number of ether oxygens (including phenoxy) is 1. The first kappa shape index (κ1) is 25.0. The van der Waals surface area contributed by atoms with Crippen molar-refractivity contribution in [2.45, 2.75) is 26.2 Å². The summed E-state index contributed by atoms with van der Waals surface area (Å²) < 4.78 is 7.72. The van der Waals surface area contributed by atoms with E-state index in [0.717, 1.165) is 33.2 Å². The number of fused-ring (bicyclic) bond motifs is 2. The molecule has 0 saturated carbocycles. The molecule has 0 spiro atoms. The number of rotatable bonds is 5. The molecule has 2 N–H and O–H groups in total. The number of nitrogens with one attached hydrogen (secondary N) is 2. The maximum absolute atomic E-state index is 13.0. The number of carbonyl (C=O) groups is 1. The first-order valence-corrected chi connectivity index (χ1v) is 12.8. The van der Waals surface area contributed by atoms with Crippen LogP contribution >= 0.6 is 0 Å². The van der Waals surface area contributed by atoms with E-state index in [1.165, 1.54) is 6.33 Å². The summed E-state index contributed by atoms with van der Waals surface area (Å²) in [5.74, 6) is 1.87. The molecule has 9 nitrogen and oxygen atoms in total. The van der Waals surface area contributed by atoms with Crippen molar-refractivity contribution in [3.8, 4) is 17.2 Å². The lowest BCUT2D eigenvalue weighted by Gasteiger charge is -2.14. The van der Waals surface area contributed by atoms with Crippen molar-refractivity contribution in [1.29, 1.82) is 0 Å². The second-order valence-electron chi connectivity index (χ2n) is 10.4. The molecule has 0 saturated heterocycles. The Labute approximate surface area is 230 Å². The van der Waals surface area contributed by atoms with E-state index in [4.69, 9.17) is 9.84 Å². The Balaban J connectivity index is 1.18. The number of carbonyl (C=O) groups excluding carboxylic acids is 1. The van der Waals surface area contributed by atoms with Crippen LogP contribution in [0.5, 0.6) is 11.5 Å². The molecular weight excluding hydrogens is 502 g/mol. The second kappa shape index (κ2) is 10.1. The van der Waals surface area contributed by atoms with E-state index < -0.39 is 0 Å². The molecule has 40 heavy (non-hydrogen) atoms. The minimum atomic E-state index is -0.382. The summed E-state index contributed by atoms with van der Waals surface area (Å²) in [6.07, 6.45) is 5.03. The number of hydrogen-bond donors (Lipinski definition) is 2. The van der Waals surface area contributed by atoms with E-state index in [1.807, 2.05) is 54.6 Å². The van der Waals surface area contributed by atoms with Crippen molar-refractivity contribution < 1.29 is 9.53 Å². The lowest BCUT2D eigenvalue weighted by Crippen LogP contribution is -2.21. The minimum absolute atomic E-state index is 0.204. The first-order chi connectivity index (χ1) is 19.3. The zero-order valence-electron chi connectivity index (χ0n) is 22.3. The number of anilines is 2. The molecule has 3 aromatic heterocycles. The van der Waals surface area contributed by atoms with Crippen LogP contribution in [0.4, 0.5) is 16.3 Å². The number of benzene rings is 3. The predicted octanol–water partition coefficient (Wildman–Crippen LogP) is 7.10. The van der Waals surface area contributed by atoms with Gasteiger partial charge in [-0.25, -0.2) is 19.4 Å². The lowest BCUT2D eigenvalue weighted by atomic mass is 9.92. The zero-order chi connectivity index (χ0) is 27.7. The molecule has 3 aromatic carbocycles. The number of nitrogens with zero attached hydrogens (tertiary/aromatic N) is 5. The van der Waals surface area contributed by atoms with Gasteiger partial charge >= 0.3 is 6.03 Å². The number of hydrogen-bond acceptors (Lipinski definition) is 6. The number of amides is 2. The topological polar surface area (TPSA) is 107 Å². The van der Waals surface area contributed by atoms with E-state index in [0.29, 0.717) is 23.0 Å². The van der Waals surface area contributed by atoms with Crippen molar-refractivity contribution in [3.05, 3.63) is 103 Å². The lowest BCUT2D eigenvalue weighted by molar-refractivity contribution is 0.262. The fraction of sp³-hybridized carbons (Fsp3) is 0.129. The van der Waals surface area contributed by atoms with Gasteiger partial charge in [0.15, 0.2) is 0 Å². The summed E-state index contributed by atoms with van der Waals surface area (Å²) in [5.41, 5.74) is 3.84. The Morgan fingerprint density at radius 1 is 0.825 bits per heavy atom. The van der Waals surface area contributed by atoms with Crippen LogP contribution < -0.4 is 15.4 Å². The van der Waals surface area contributed by atoms with E-state index in [2.05, 4.69) is 46.4 Å². The molecule has 0 fully saturated rings. The number of urea groups is 1. The normalized spacial score (nSPS) is 11.5. The average Bonchev–Trinajstić information content (AvgIpc) is 3.38. The first-order valence-electron chi connectivity index (χ1n) is 12.8. The molecule has 6 aromatic rings. The minimum Gasteiger partial charge on any atom is -0.457 e. The smallest absolute Gasteiger partial charge is 0.324 e. The molecule has 9 heteroatoms. The van der Waals surface area contributed by atoms with Crippen LogP contribution in [0, 0.1) is 0 Å². The second-order valence-corrected chi connectivity index (χ2v) is 10.4. The van der Waals surface area contributed by atoms with Crippen LogP contribution in [-0.2, 0) is 5.41 Å². The van der Waals surface area contributed by atoms with Crippen LogP contribution in [0.3, 0.4) is 0 Å². The molecule has 0 bridgehead atoms. The standard InChI is InChI=1S/C31H27N7O2/c1-31(2,3)28-17-29(38(37-28)23-8-12-26-20(15-23)5-4-14-33-26)36-30(39)35-22-6-9-24(10-7-22)40-25-11-13-27-21(16-25)18-32-19-34-27/h4-19H,1-3H3,(H2,35,36,39). The summed E-state index contributed by atoms with van der Waals surface area (Å²) in [7, 11) is 0. The van der Waals surface area contributed by atoms with Crippen LogP contribution in [0.25, 0.3) is 27.5 Å². The molecule has 2 amide bonds.